The highest BCUT2D eigenvalue weighted by Gasteiger charge is 2.39. The highest BCUT2D eigenvalue weighted by atomic mass is 35.5. The van der Waals surface area contributed by atoms with Crippen molar-refractivity contribution in [3.8, 4) is 5.75 Å². The van der Waals surface area contributed by atoms with Gasteiger partial charge in [-0.05, 0) is 68.8 Å². The average molecular weight is 353 g/mol. The molecule has 0 radical (unpaired) electrons. The zero-order valence-electron chi connectivity index (χ0n) is 14.6. The van der Waals surface area contributed by atoms with E-state index < -0.39 is 0 Å². The molecule has 3 rings (SSSR count). The molecule has 2 heterocycles. The lowest BCUT2D eigenvalue weighted by Crippen LogP contribution is -2.51. The summed E-state index contributed by atoms with van der Waals surface area (Å²) in [6.45, 7) is 6.67. The normalized spacial score (nSPS) is 19.9. The van der Waals surface area contributed by atoms with Gasteiger partial charge in [0, 0.05) is 19.5 Å². The summed E-state index contributed by atoms with van der Waals surface area (Å²) in [6, 6.07) is 8.26. The summed E-state index contributed by atoms with van der Waals surface area (Å²) in [5.41, 5.74) is 1.64. The van der Waals surface area contributed by atoms with E-state index in [2.05, 4.69) is 22.3 Å². The van der Waals surface area contributed by atoms with Gasteiger partial charge in [0.2, 0.25) is 5.91 Å². The van der Waals surface area contributed by atoms with Gasteiger partial charge in [0.1, 0.15) is 5.75 Å². The Labute approximate surface area is 151 Å². The van der Waals surface area contributed by atoms with Crippen LogP contribution in [0.15, 0.2) is 24.3 Å². The third-order valence-electron chi connectivity index (χ3n) is 5.32. The first-order valence-corrected chi connectivity index (χ1v) is 8.91. The molecule has 0 atom stereocenters. The largest absolute Gasteiger partial charge is 0.494 e. The summed E-state index contributed by atoms with van der Waals surface area (Å²) < 4.78 is 5.48. The lowest BCUT2D eigenvalue weighted by atomic mass is 9.72. The SMILES string of the molecule is CCOc1ccc(CCN2CC3(CCNCC3)CCC2=O)cc1.Cl. The van der Waals surface area contributed by atoms with Crippen molar-refractivity contribution in [1.29, 1.82) is 0 Å². The fourth-order valence-electron chi connectivity index (χ4n) is 3.85. The van der Waals surface area contributed by atoms with Crippen LogP contribution in [-0.4, -0.2) is 43.6 Å². The number of hydrogen-bond acceptors (Lipinski definition) is 3. The second-order valence-electron chi connectivity index (χ2n) is 6.89. The van der Waals surface area contributed by atoms with Crippen LogP contribution in [0.2, 0.25) is 0 Å². The van der Waals surface area contributed by atoms with Crippen LogP contribution in [0, 0.1) is 5.41 Å². The Morgan fingerprint density at radius 2 is 1.88 bits per heavy atom. The molecule has 134 valence electrons. The van der Waals surface area contributed by atoms with Crippen LogP contribution < -0.4 is 10.1 Å². The lowest BCUT2D eigenvalue weighted by molar-refractivity contribution is -0.138. The first-order chi connectivity index (χ1) is 11.2. The zero-order valence-corrected chi connectivity index (χ0v) is 15.4. The Morgan fingerprint density at radius 1 is 1.17 bits per heavy atom. The van der Waals surface area contributed by atoms with Crippen LogP contribution in [0.25, 0.3) is 0 Å². The minimum Gasteiger partial charge on any atom is -0.494 e. The highest BCUT2D eigenvalue weighted by Crippen LogP contribution is 2.38. The standard InChI is InChI=1S/C19H28N2O2.ClH/c1-2-23-17-5-3-16(4-6-17)8-14-21-15-19(9-7-18(21)22)10-12-20-13-11-19;/h3-6,20H,2,7-15H2,1H3;1H. The van der Waals surface area contributed by atoms with Crippen molar-refractivity contribution in [2.45, 2.75) is 39.0 Å². The third-order valence-corrected chi connectivity index (χ3v) is 5.32. The molecule has 1 N–H and O–H groups in total. The molecule has 2 fully saturated rings. The molecule has 0 aromatic heterocycles. The third kappa shape index (κ3) is 4.64. The second kappa shape index (κ2) is 8.72. The van der Waals surface area contributed by atoms with Gasteiger partial charge in [-0.25, -0.2) is 0 Å². The Balaban J connectivity index is 0.00000208. The van der Waals surface area contributed by atoms with Crippen LogP contribution in [0.5, 0.6) is 5.75 Å². The fraction of sp³-hybridized carbons (Fsp3) is 0.632. The molecule has 0 bridgehead atoms. The van der Waals surface area contributed by atoms with Gasteiger partial charge >= 0.3 is 0 Å². The van der Waals surface area contributed by atoms with Crippen LogP contribution in [-0.2, 0) is 11.2 Å². The monoisotopic (exact) mass is 352 g/mol. The summed E-state index contributed by atoms with van der Waals surface area (Å²) >= 11 is 0. The maximum Gasteiger partial charge on any atom is 0.222 e. The Kier molecular flexibility index (Phi) is 6.93. The number of amides is 1. The van der Waals surface area contributed by atoms with E-state index in [-0.39, 0.29) is 12.4 Å². The van der Waals surface area contributed by atoms with E-state index in [1.54, 1.807) is 0 Å². The van der Waals surface area contributed by atoms with Gasteiger partial charge < -0.3 is 15.0 Å². The Hall–Kier alpha value is -1.26. The second-order valence-corrected chi connectivity index (χ2v) is 6.89. The van der Waals surface area contributed by atoms with Crippen molar-refractivity contribution >= 4 is 18.3 Å². The maximum atomic E-state index is 12.3. The molecule has 1 amide bonds. The zero-order chi connectivity index (χ0) is 16.1. The van der Waals surface area contributed by atoms with E-state index >= 15 is 0 Å². The van der Waals surface area contributed by atoms with Gasteiger partial charge in [0.15, 0.2) is 0 Å². The number of piperidine rings is 2. The maximum absolute atomic E-state index is 12.3. The first-order valence-electron chi connectivity index (χ1n) is 8.91. The van der Waals surface area contributed by atoms with E-state index in [1.807, 2.05) is 19.1 Å². The summed E-state index contributed by atoms with van der Waals surface area (Å²) in [5.74, 6) is 1.25. The van der Waals surface area contributed by atoms with Crippen molar-refractivity contribution in [1.82, 2.24) is 10.2 Å². The van der Waals surface area contributed by atoms with Gasteiger partial charge in [0.25, 0.3) is 0 Å². The number of carbonyl (C=O) groups excluding carboxylic acids is 1. The minimum atomic E-state index is 0. The van der Waals surface area contributed by atoms with Crippen LogP contribution in [0.4, 0.5) is 0 Å². The van der Waals surface area contributed by atoms with Gasteiger partial charge in [-0.2, -0.15) is 0 Å². The predicted octanol–water partition coefficient (Wildman–Crippen LogP) is 3.04. The molecule has 2 aliphatic heterocycles. The molecule has 2 saturated heterocycles. The summed E-state index contributed by atoms with van der Waals surface area (Å²) in [5, 5.41) is 3.44. The summed E-state index contributed by atoms with van der Waals surface area (Å²) in [7, 11) is 0. The highest BCUT2D eigenvalue weighted by molar-refractivity contribution is 5.85. The Bertz CT molecular complexity index is 527. The summed E-state index contributed by atoms with van der Waals surface area (Å²) in [4.78, 5) is 14.4. The van der Waals surface area contributed by atoms with E-state index in [4.69, 9.17) is 4.74 Å². The van der Waals surface area contributed by atoms with Gasteiger partial charge in [-0.3, -0.25) is 4.79 Å². The molecule has 4 nitrogen and oxygen atoms in total. The molecule has 24 heavy (non-hydrogen) atoms. The molecular formula is C19H29ClN2O2. The molecule has 0 aliphatic carbocycles. The topological polar surface area (TPSA) is 41.6 Å². The van der Waals surface area contributed by atoms with Gasteiger partial charge in [0.05, 0.1) is 6.61 Å². The minimum absolute atomic E-state index is 0. The smallest absolute Gasteiger partial charge is 0.222 e. The number of hydrogen-bond donors (Lipinski definition) is 1. The molecule has 0 saturated carbocycles. The van der Waals surface area contributed by atoms with Crippen molar-refractivity contribution < 1.29 is 9.53 Å². The molecular weight excluding hydrogens is 324 g/mol. The number of carbonyl (C=O) groups is 1. The number of benzene rings is 1. The Morgan fingerprint density at radius 3 is 2.54 bits per heavy atom. The summed E-state index contributed by atoms with van der Waals surface area (Å²) in [6.07, 6.45) is 5.14. The van der Waals surface area contributed by atoms with Crippen molar-refractivity contribution in [2.24, 2.45) is 5.41 Å². The molecule has 5 heteroatoms. The predicted molar refractivity (Wildman–Crippen MR) is 98.9 cm³/mol. The number of likely N-dealkylation sites (tertiary alicyclic amines) is 1. The number of nitrogens with one attached hydrogen (secondary N) is 1. The van der Waals surface area contributed by atoms with Crippen LogP contribution in [0.3, 0.4) is 0 Å². The molecule has 2 aliphatic rings. The van der Waals surface area contributed by atoms with Gasteiger partial charge in [-0.1, -0.05) is 12.1 Å². The number of ether oxygens (including phenoxy) is 1. The number of rotatable bonds is 5. The fourth-order valence-corrected chi connectivity index (χ4v) is 3.85. The van der Waals surface area contributed by atoms with E-state index in [0.717, 1.165) is 51.2 Å². The first kappa shape index (κ1) is 19.1. The number of nitrogens with zero attached hydrogens (tertiary/aromatic N) is 1. The van der Waals surface area contributed by atoms with Crippen molar-refractivity contribution in [3.05, 3.63) is 29.8 Å². The van der Waals surface area contributed by atoms with Crippen LogP contribution in [0.1, 0.15) is 38.2 Å². The van der Waals surface area contributed by atoms with Crippen molar-refractivity contribution in [3.63, 3.8) is 0 Å². The van der Waals surface area contributed by atoms with Crippen LogP contribution >= 0.6 is 12.4 Å². The molecule has 0 unspecified atom stereocenters. The number of halogens is 1. The van der Waals surface area contributed by atoms with Gasteiger partial charge in [-0.15, -0.1) is 12.4 Å². The molecule has 1 spiro atoms. The molecule has 1 aromatic carbocycles. The average Bonchev–Trinajstić information content (AvgIpc) is 2.58. The van der Waals surface area contributed by atoms with E-state index in [9.17, 15) is 4.79 Å². The van der Waals surface area contributed by atoms with E-state index in [0.29, 0.717) is 17.9 Å². The van der Waals surface area contributed by atoms with Crippen molar-refractivity contribution in [2.75, 3.05) is 32.8 Å². The molecule has 1 aromatic rings. The quantitative estimate of drug-likeness (QED) is 0.885. The van der Waals surface area contributed by atoms with E-state index in [1.165, 1.54) is 18.4 Å². The lowest BCUT2D eigenvalue weighted by Gasteiger charge is -2.45.